The molecule has 0 heterocycles. The third-order valence-corrected chi connectivity index (χ3v) is 3.48. The van der Waals surface area contributed by atoms with Gasteiger partial charge in [-0.3, -0.25) is 4.72 Å². The van der Waals surface area contributed by atoms with Crippen molar-refractivity contribution in [2.45, 2.75) is 19.9 Å². The molecule has 0 saturated heterocycles. The molecule has 3 N–H and O–H groups in total. The quantitative estimate of drug-likeness (QED) is 0.825. The monoisotopic (exact) mass is 246 g/mol. The number of sulfonamides is 1. The Balaban J connectivity index is 2.90. The van der Waals surface area contributed by atoms with Crippen LogP contribution in [0.2, 0.25) is 0 Å². The van der Waals surface area contributed by atoms with E-state index in [1.54, 1.807) is 13.0 Å². The first-order valence-corrected chi connectivity index (χ1v) is 6.62. The molecule has 0 atom stereocenters. The van der Waals surface area contributed by atoms with Crippen molar-refractivity contribution < 1.29 is 12.8 Å². The lowest BCUT2D eigenvalue weighted by Crippen LogP contribution is -2.17. The van der Waals surface area contributed by atoms with Crippen LogP contribution in [0.4, 0.5) is 10.1 Å². The Hall–Kier alpha value is -1.14. The van der Waals surface area contributed by atoms with E-state index in [2.05, 4.69) is 4.72 Å². The fourth-order valence-corrected chi connectivity index (χ4v) is 2.40. The summed E-state index contributed by atoms with van der Waals surface area (Å²) in [6, 6.07) is 4.20. The van der Waals surface area contributed by atoms with Crippen molar-refractivity contribution in [1.82, 2.24) is 0 Å². The fourth-order valence-electron chi connectivity index (χ4n) is 1.26. The van der Waals surface area contributed by atoms with Crippen LogP contribution < -0.4 is 10.5 Å². The second-order valence-corrected chi connectivity index (χ2v) is 5.28. The highest BCUT2D eigenvalue weighted by molar-refractivity contribution is 7.92. The normalized spacial score (nSPS) is 11.4. The van der Waals surface area contributed by atoms with Crippen molar-refractivity contribution in [2.24, 2.45) is 5.73 Å². The van der Waals surface area contributed by atoms with Crippen LogP contribution in [0.1, 0.15) is 18.9 Å². The lowest BCUT2D eigenvalue weighted by molar-refractivity contribution is 0.597. The van der Waals surface area contributed by atoms with E-state index in [4.69, 9.17) is 5.73 Å². The molecule has 0 aromatic heterocycles. The average molecular weight is 246 g/mol. The minimum atomic E-state index is -3.45. The van der Waals surface area contributed by atoms with Crippen molar-refractivity contribution >= 4 is 15.7 Å². The summed E-state index contributed by atoms with van der Waals surface area (Å²) in [5, 5.41) is 0. The summed E-state index contributed by atoms with van der Waals surface area (Å²) in [5.41, 5.74) is 5.92. The molecular formula is C10H15FN2O2S. The molecule has 0 amide bonds. The molecule has 6 heteroatoms. The van der Waals surface area contributed by atoms with Crippen LogP contribution >= 0.6 is 0 Å². The van der Waals surface area contributed by atoms with E-state index in [9.17, 15) is 12.8 Å². The number of benzene rings is 1. The van der Waals surface area contributed by atoms with Gasteiger partial charge in [0.25, 0.3) is 0 Å². The molecule has 4 nitrogen and oxygen atoms in total. The molecule has 0 radical (unpaired) electrons. The van der Waals surface area contributed by atoms with E-state index in [1.165, 1.54) is 12.1 Å². The maximum Gasteiger partial charge on any atom is 0.232 e. The van der Waals surface area contributed by atoms with E-state index in [1.807, 2.05) is 0 Å². The maximum absolute atomic E-state index is 13.4. The van der Waals surface area contributed by atoms with E-state index in [-0.39, 0.29) is 18.0 Å². The standard InChI is InChI=1S/C10H15FN2O2S/c1-2-5-16(14,15)13-10-4-3-8(7-12)6-9(10)11/h3-4,6,13H,2,5,7,12H2,1H3. The first-order valence-electron chi connectivity index (χ1n) is 4.97. The molecule has 0 unspecified atom stereocenters. The topological polar surface area (TPSA) is 72.2 Å². The van der Waals surface area contributed by atoms with Gasteiger partial charge in [-0.1, -0.05) is 13.0 Å². The van der Waals surface area contributed by atoms with Crippen LogP contribution in [-0.2, 0) is 16.6 Å². The Morgan fingerprint density at radius 1 is 1.44 bits per heavy atom. The molecule has 0 aliphatic carbocycles. The summed E-state index contributed by atoms with van der Waals surface area (Å²) in [7, 11) is -3.45. The maximum atomic E-state index is 13.4. The van der Waals surface area contributed by atoms with Gasteiger partial charge in [0.2, 0.25) is 10.0 Å². The van der Waals surface area contributed by atoms with Gasteiger partial charge in [0.1, 0.15) is 5.82 Å². The number of nitrogens with two attached hydrogens (primary N) is 1. The van der Waals surface area contributed by atoms with Crippen molar-refractivity contribution in [1.29, 1.82) is 0 Å². The van der Waals surface area contributed by atoms with Crippen molar-refractivity contribution in [3.63, 3.8) is 0 Å². The van der Waals surface area contributed by atoms with Crippen LogP contribution in [-0.4, -0.2) is 14.2 Å². The Morgan fingerprint density at radius 3 is 2.62 bits per heavy atom. The number of nitrogens with one attached hydrogen (secondary N) is 1. The molecule has 16 heavy (non-hydrogen) atoms. The minimum absolute atomic E-state index is 0.0227. The van der Waals surface area contributed by atoms with Gasteiger partial charge in [-0.15, -0.1) is 0 Å². The lowest BCUT2D eigenvalue weighted by Gasteiger charge is -2.08. The highest BCUT2D eigenvalue weighted by atomic mass is 32.2. The van der Waals surface area contributed by atoms with E-state index in [0.29, 0.717) is 12.0 Å². The Kier molecular flexibility index (Phi) is 4.26. The second kappa shape index (κ2) is 5.27. The zero-order chi connectivity index (χ0) is 12.2. The van der Waals surface area contributed by atoms with Crippen LogP contribution in [0.3, 0.4) is 0 Å². The first-order chi connectivity index (χ1) is 7.48. The van der Waals surface area contributed by atoms with Gasteiger partial charge in [-0.2, -0.15) is 0 Å². The Morgan fingerprint density at radius 2 is 2.12 bits per heavy atom. The van der Waals surface area contributed by atoms with Gasteiger partial charge in [0, 0.05) is 6.54 Å². The molecule has 1 aromatic rings. The molecule has 90 valence electrons. The van der Waals surface area contributed by atoms with Gasteiger partial charge in [0.15, 0.2) is 0 Å². The van der Waals surface area contributed by atoms with Crippen LogP contribution in [0.25, 0.3) is 0 Å². The van der Waals surface area contributed by atoms with E-state index < -0.39 is 15.8 Å². The summed E-state index contributed by atoms with van der Waals surface area (Å²) in [4.78, 5) is 0. The lowest BCUT2D eigenvalue weighted by atomic mass is 10.2. The number of hydrogen-bond acceptors (Lipinski definition) is 3. The fraction of sp³-hybridized carbons (Fsp3) is 0.400. The number of halogens is 1. The predicted molar refractivity (Wildman–Crippen MR) is 62.0 cm³/mol. The van der Waals surface area contributed by atoms with Crippen molar-refractivity contribution in [3.8, 4) is 0 Å². The van der Waals surface area contributed by atoms with Crippen LogP contribution in [0.15, 0.2) is 18.2 Å². The first kappa shape index (κ1) is 12.9. The minimum Gasteiger partial charge on any atom is -0.326 e. The zero-order valence-electron chi connectivity index (χ0n) is 9.03. The molecule has 0 bridgehead atoms. The van der Waals surface area contributed by atoms with E-state index in [0.717, 1.165) is 0 Å². The van der Waals surface area contributed by atoms with Crippen molar-refractivity contribution in [3.05, 3.63) is 29.6 Å². The largest absolute Gasteiger partial charge is 0.326 e. The number of hydrogen-bond donors (Lipinski definition) is 2. The Bertz CT molecular complexity index is 460. The molecule has 0 spiro atoms. The molecule has 1 rings (SSSR count). The van der Waals surface area contributed by atoms with Gasteiger partial charge in [0.05, 0.1) is 11.4 Å². The number of anilines is 1. The third-order valence-electron chi connectivity index (χ3n) is 2.01. The van der Waals surface area contributed by atoms with E-state index >= 15 is 0 Å². The van der Waals surface area contributed by atoms with Crippen LogP contribution in [0.5, 0.6) is 0 Å². The average Bonchev–Trinajstić information content (AvgIpc) is 2.20. The van der Waals surface area contributed by atoms with Gasteiger partial charge < -0.3 is 5.73 Å². The van der Waals surface area contributed by atoms with Gasteiger partial charge in [-0.25, -0.2) is 12.8 Å². The second-order valence-electron chi connectivity index (χ2n) is 3.44. The highest BCUT2D eigenvalue weighted by Gasteiger charge is 2.11. The summed E-state index contributed by atoms with van der Waals surface area (Å²) >= 11 is 0. The smallest absolute Gasteiger partial charge is 0.232 e. The van der Waals surface area contributed by atoms with Gasteiger partial charge >= 0.3 is 0 Å². The van der Waals surface area contributed by atoms with Crippen LogP contribution in [0, 0.1) is 5.82 Å². The molecule has 0 saturated carbocycles. The summed E-state index contributed by atoms with van der Waals surface area (Å²) in [5.74, 6) is -0.631. The predicted octanol–water partition coefficient (Wildman–Crippen LogP) is 1.44. The summed E-state index contributed by atoms with van der Waals surface area (Å²) in [6.45, 7) is 1.96. The van der Waals surface area contributed by atoms with Gasteiger partial charge in [-0.05, 0) is 24.1 Å². The molecule has 0 fully saturated rings. The Labute approximate surface area is 94.7 Å². The molecule has 1 aromatic carbocycles. The number of rotatable bonds is 5. The molecular weight excluding hydrogens is 231 g/mol. The zero-order valence-corrected chi connectivity index (χ0v) is 9.85. The molecule has 0 aliphatic heterocycles. The third kappa shape index (κ3) is 3.46. The summed E-state index contributed by atoms with van der Waals surface area (Å²) < 4.78 is 38.4. The molecule has 0 aliphatic rings. The van der Waals surface area contributed by atoms with Crippen molar-refractivity contribution in [2.75, 3.05) is 10.5 Å². The summed E-state index contributed by atoms with van der Waals surface area (Å²) in [6.07, 6.45) is 0.484. The SMILES string of the molecule is CCCS(=O)(=O)Nc1ccc(CN)cc1F. The highest BCUT2D eigenvalue weighted by Crippen LogP contribution is 2.17.